The van der Waals surface area contributed by atoms with E-state index in [1.165, 1.54) is 27.4 Å². The summed E-state index contributed by atoms with van der Waals surface area (Å²) in [5.41, 5.74) is 0.134. The van der Waals surface area contributed by atoms with Crippen LogP contribution < -0.4 is 0 Å². The molecule has 0 fully saturated rings. The quantitative estimate of drug-likeness (QED) is 0.249. The van der Waals surface area contributed by atoms with Gasteiger partial charge in [0.15, 0.2) is 0 Å². The largest absolute Gasteiger partial charge is 0.466 e. The predicted octanol–water partition coefficient (Wildman–Crippen LogP) is 1.49. The number of ether oxygens (including phenoxy) is 2. The van der Waals surface area contributed by atoms with Crippen LogP contribution in [0, 0.1) is 0 Å². The van der Waals surface area contributed by atoms with Crippen molar-refractivity contribution in [3.8, 4) is 0 Å². The zero-order valence-corrected chi connectivity index (χ0v) is 12.6. The molecule has 0 aromatic heterocycles. The fourth-order valence-corrected chi connectivity index (χ4v) is 1.28. The molecule has 6 nitrogen and oxygen atoms in total. The van der Waals surface area contributed by atoms with Crippen LogP contribution in [0.5, 0.6) is 0 Å². The second kappa shape index (κ2) is 6.95. The van der Waals surface area contributed by atoms with Crippen LogP contribution in [0.4, 0.5) is 0 Å². The highest BCUT2D eigenvalue weighted by Gasteiger charge is 2.19. The van der Waals surface area contributed by atoms with E-state index in [0.29, 0.717) is 0 Å². The topological polar surface area (TPSA) is 74.2 Å². The third kappa shape index (κ3) is 5.62. The molecule has 102 valence electrons. The second-order valence-corrected chi connectivity index (χ2v) is 8.87. The van der Waals surface area contributed by atoms with Crippen molar-refractivity contribution in [3.63, 3.8) is 0 Å². The average Bonchev–Trinajstić information content (AvgIpc) is 2.30. The van der Waals surface area contributed by atoms with Gasteiger partial charge in [-0.05, 0) is 26.6 Å². The zero-order chi connectivity index (χ0) is 14.3. The van der Waals surface area contributed by atoms with Gasteiger partial charge in [0, 0.05) is 0 Å². The van der Waals surface area contributed by atoms with Gasteiger partial charge in [0.1, 0.15) is 0 Å². The van der Waals surface area contributed by atoms with Gasteiger partial charge < -0.3 is 14.0 Å². The average molecular weight is 273 g/mol. The molecule has 0 atom stereocenters. The first-order valence-corrected chi connectivity index (χ1v) is 8.72. The van der Waals surface area contributed by atoms with E-state index in [0.717, 1.165) is 0 Å². The van der Waals surface area contributed by atoms with Gasteiger partial charge in [0.05, 0.1) is 31.6 Å². The first kappa shape index (κ1) is 16.4. The van der Waals surface area contributed by atoms with E-state index < -0.39 is 20.3 Å². The molecule has 0 aliphatic heterocycles. The van der Waals surface area contributed by atoms with Crippen LogP contribution in [0.3, 0.4) is 0 Å². The number of hydrogen-bond acceptors (Lipinski definition) is 6. The van der Waals surface area contributed by atoms with Crippen molar-refractivity contribution in [3.05, 3.63) is 11.1 Å². The maximum absolute atomic E-state index is 11.5. The fourth-order valence-electron chi connectivity index (χ4n) is 0.913. The Labute approximate surface area is 108 Å². The van der Waals surface area contributed by atoms with Crippen molar-refractivity contribution < 1.29 is 23.6 Å². The lowest BCUT2D eigenvalue weighted by Crippen LogP contribution is -2.22. The van der Waals surface area contributed by atoms with E-state index in [-0.39, 0.29) is 11.1 Å². The van der Waals surface area contributed by atoms with Crippen molar-refractivity contribution in [1.29, 1.82) is 0 Å². The summed E-state index contributed by atoms with van der Waals surface area (Å²) in [6.45, 7) is 7.29. The summed E-state index contributed by atoms with van der Waals surface area (Å²) >= 11 is 0. The minimum absolute atomic E-state index is 0.0163. The molecule has 0 bridgehead atoms. The SMILES string of the molecule is COC(=O)/C(C)=C(/C=N/O[Si](C)(C)C)C(=O)OC. The van der Waals surface area contributed by atoms with Gasteiger partial charge in [0.25, 0.3) is 8.32 Å². The Bertz CT molecular complexity index is 381. The molecule has 0 spiro atoms. The molecule has 0 rings (SSSR count). The molecule has 0 aromatic carbocycles. The van der Waals surface area contributed by atoms with Gasteiger partial charge >= 0.3 is 11.9 Å². The summed E-state index contributed by atoms with van der Waals surface area (Å²) in [4.78, 5) is 22.9. The zero-order valence-electron chi connectivity index (χ0n) is 11.6. The minimum Gasteiger partial charge on any atom is -0.466 e. The summed E-state index contributed by atoms with van der Waals surface area (Å²) in [7, 11) is 0.627. The number of nitrogens with zero attached hydrogens (tertiary/aromatic N) is 1. The third-order valence-electron chi connectivity index (χ3n) is 1.81. The number of esters is 2. The minimum atomic E-state index is -1.83. The molecule has 7 heteroatoms. The molecule has 0 saturated carbocycles. The first-order valence-electron chi connectivity index (χ1n) is 5.32. The Kier molecular flexibility index (Phi) is 6.32. The highest BCUT2D eigenvalue weighted by atomic mass is 28.4. The van der Waals surface area contributed by atoms with Crippen molar-refractivity contribution >= 4 is 26.5 Å². The Hall–Kier alpha value is -1.63. The third-order valence-corrected chi connectivity index (χ3v) is 2.46. The van der Waals surface area contributed by atoms with E-state index in [1.54, 1.807) is 0 Å². The van der Waals surface area contributed by atoms with E-state index >= 15 is 0 Å². The van der Waals surface area contributed by atoms with Crippen LogP contribution in [0.15, 0.2) is 16.3 Å². The molecule has 0 unspecified atom stereocenters. The molecule has 0 aromatic rings. The molecule has 0 N–H and O–H groups in total. The number of carbonyl (C=O) groups excluding carboxylic acids is 2. The van der Waals surface area contributed by atoms with Crippen LogP contribution in [-0.4, -0.2) is 40.7 Å². The normalized spacial score (nSPS) is 13.0. The fraction of sp³-hybridized carbons (Fsp3) is 0.545. The van der Waals surface area contributed by atoms with Gasteiger partial charge in [-0.15, -0.1) is 5.16 Å². The van der Waals surface area contributed by atoms with E-state index in [2.05, 4.69) is 14.6 Å². The van der Waals surface area contributed by atoms with Crippen molar-refractivity contribution in [2.45, 2.75) is 26.6 Å². The number of methoxy groups -OCH3 is 2. The van der Waals surface area contributed by atoms with E-state index in [1.807, 2.05) is 19.6 Å². The lowest BCUT2D eigenvalue weighted by molar-refractivity contribution is -0.138. The lowest BCUT2D eigenvalue weighted by atomic mass is 10.1. The number of rotatable bonds is 5. The Morgan fingerprint density at radius 2 is 1.56 bits per heavy atom. The molecule has 0 aliphatic rings. The van der Waals surface area contributed by atoms with Crippen molar-refractivity contribution in [2.75, 3.05) is 14.2 Å². The molecule has 0 saturated heterocycles. The molecular formula is C11H19NO5Si. The van der Waals surface area contributed by atoms with Crippen LogP contribution in [0.2, 0.25) is 19.6 Å². The molecule has 0 amide bonds. The maximum Gasteiger partial charge on any atom is 0.340 e. The van der Waals surface area contributed by atoms with Gasteiger partial charge in [-0.2, -0.15) is 0 Å². The number of oxime groups is 1. The summed E-state index contributed by atoms with van der Waals surface area (Å²) in [5.74, 6) is -1.28. The molecule has 0 radical (unpaired) electrons. The van der Waals surface area contributed by atoms with E-state index in [9.17, 15) is 9.59 Å². The lowest BCUT2D eigenvalue weighted by Gasteiger charge is -2.12. The van der Waals surface area contributed by atoms with Gasteiger partial charge in [-0.3, -0.25) is 0 Å². The highest BCUT2D eigenvalue weighted by molar-refractivity contribution is 6.69. The smallest absolute Gasteiger partial charge is 0.340 e. The standard InChI is InChI=1S/C11H19NO5Si/c1-8(10(13)15-2)9(11(14)16-3)7-12-17-18(4,5)6/h7H,1-6H3/b9-8-,12-7+. The first-order chi connectivity index (χ1) is 8.22. The van der Waals surface area contributed by atoms with Crippen LogP contribution in [-0.2, 0) is 23.6 Å². The monoisotopic (exact) mass is 273 g/mol. The maximum atomic E-state index is 11.5. The second-order valence-electron chi connectivity index (χ2n) is 4.46. The van der Waals surface area contributed by atoms with Crippen molar-refractivity contribution in [2.24, 2.45) is 5.16 Å². The van der Waals surface area contributed by atoms with Crippen LogP contribution in [0.25, 0.3) is 0 Å². The van der Waals surface area contributed by atoms with Gasteiger partial charge in [0.2, 0.25) is 0 Å². The van der Waals surface area contributed by atoms with E-state index in [4.69, 9.17) is 4.53 Å². The number of hydrogen-bond donors (Lipinski definition) is 0. The van der Waals surface area contributed by atoms with Crippen LogP contribution in [0.1, 0.15) is 6.92 Å². The predicted molar refractivity (Wildman–Crippen MR) is 69.7 cm³/mol. The molecular weight excluding hydrogens is 254 g/mol. The Balaban J connectivity index is 5.15. The molecule has 0 aliphatic carbocycles. The summed E-state index contributed by atoms with van der Waals surface area (Å²) < 4.78 is 14.3. The summed E-state index contributed by atoms with van der Waals surface area (Å²) in [6.07, 6.45) is 1.18. The van der Waals surface area contributed by atoms with Crippen molar-refractivity contribution in [1.82, 2.24) is 0 Å². The number of carbonyl (C=O) groups is 2. The molecule has 0 heterocycles. The summed E-state index contributed by atoms with van der Waals surface area (Å²) in [6, 6.07) is 0. The van der Waals surface area contributed by atoms with Gasteiger partial charge in [-0.25, -0.2) is 9.59 Å². The Morgan fingerprint density at radius 1 is 1.06 bits per heavy atom. The molecule has 18 heavy (non-hydrogen) atoms. The van der Waals surface area contributed by atoms with Gasteiger partial charge in [-0.1, -0.05) is 0 Å². The Morgan fingerprint density at radius 3 is 1.94 bits per heavy atom. The highest BCUT2D eigenvalue weighted by Crippen LogP contribution is 2.08. The summed E-state index contributed by atoms with van der Waals surface area (Å²) in [5, 5.41) is 3.72. The van der Waals surface area contributed by atoms with Crippen LogP contribution >= 0.6 is 0 Å².